The highest BCUT2D eigenvalue weighted by molar-refractivity contribution is 5.89. The first-order valence-electron chi connectivity index (χ1n) is 7.41. The number of nitrogen functional groups attached to an aromatic ring is 1. The molecule has 23 heavy (non-hydrogen) atoms. The summed E-state index contributed by atoms with van der Waals surface area (Å²) in [6.07, 6.45) is 0.718. The smallest absolute Gasteiger partial charge is 0.187 e. The van der Waals surface area contributed by atoms with Gasteiger partial charge in [-0.1, -0.05) is 60.7 Å². The van der Waals surface area contributed by atoms with Crippen molar-refractivity contribution in [1.82, 2.24) is 20.2 Å². The van der Waals surface area contributed by atoms with Gasteiger partial charge in [-0.2, -0.15) is 5.10 Å². The molecule has 0 unspecified atom stereocenters. The molecule has 3 N–H and O–H groups in total. The highest BCUT2D eigenvalue weighted by Gasteiger charge is 2.14. The van der Waals surface area contributed by atoms with E-state index in [1.54, 1.807) is 0 Å². The van der Waals surface area contributed by atoms with Crippen molar-refractivity contribution in [3.05, 3.63) is 71.9 Å². The van der Waals surface area contributed by atoms with Gasteiger partial charge in [0.15, 0.2) is 11.5 Å². The predicted octanol–water partition coefficient (Wildman–Crippen LogP) is 3.19. The van der Waals surface area contributed by atoms with Gasteiger partial charge in [-0.3, -0.25) is 5.10 Å². The number of H-pyrrole nitrogens is 1. The summed E-state index contributed by atoms with van der Waals surface area (Å²) < 4.78 is 0. The van der Waals surface area contributed by atoms with Gasteiger partial charge in [0.2, 0.25) is 0 Å². The van der Waals surface area contributed by atoms with Crippen molar-refractivity contribution in [1.29, 1.82) is 0 Å². The lowest BCUT2D eigenvalue weighted by Crippen LogP contribution is -1.98. The first-order valence-corrected chi connectivity index (χ1v) is 7.41. The van der Waals surface area contributed by atoms with E-state index in [1.807, 2.05) is 48.5 Å². The number of anilines is 1. The summed E-state index contributed by atoms with van der Waals surface area (Å²) in [5, 5.41) is 8.15. The average molecular weight is 301 g/mol. The van der Waals surface area contributed by atoms with Crippen molar-refractivity contribution in [2.75, 3.05) is 5.73 Å². The van der Waals surface area contributed by atoms with Crippen molar-refractivity contribution < 1.29 is 0 Å². The lowest BCUT2D eigenvalue weighted by atomic mass is 10.1. The lowest BCUT2D eigenvalue weighted by Gasteiger charge is -2.04. The standard InChI is InChI=1S/C18H15N5/c19-16-15-14(11-12-7-3-1-4-8-12)22-23-18(15)21-17(20-16)13-9-5-2-6-10-13/h1-10H,11H2,(H3,19,20,21,22,23). The summed E-state index contributed by atoms with van der Waals surface area (Å²) in [5.41, 5.74) is 9.82. The fourth-order valence-electron chi connectivity index (χ4n) is 2.66. The van der Waals surface area contributed by atoms with Gasteiger partial charge in [-0.25, -0.2) is 9.97 Å². The molecule has 4 rings (SSSR count). The molecule has 0 aliphatic carbocycles. The van der Waals surface area contributed by atoms with Gasteiger partial charge in [0.25, 0.3) is 0 Å². The zero-order valence-corrected chi connectivity index (χ0v) is 12.4. The topological polar surface area (TPSA) is 80.5 Å². The number of hydrogen-bond acceptors (Lipinski definition) is 4. The average Bonchev–Trinajstić information content (AvgIpc) is 3.00. The normalized spacial score (nSPS) is 11.0. The third-order valence-electron chi connectivity index (χ3n) is 3.77. The van der Waals surface area contributed by atoms with Crippen LogP contribution in [0.5, 0.6) is 0 Å². The van der Waals surface area contributed by atoms with Crippen LogP contribution >= 0.6 is 0 Å². The second-order valence-corrected chi connectivity index (χ2v) is 5.36. The highest BCUT2D eigenvalue weighted by Crippen LogP contribution is 2.25. The summed E-state index contributed by atoms with van der Waals surface area (Å²) in [5.74, 6) is 1.04. The van der Waals surface area contributed by atoms with Crippen molar-refractivity contribution in [3.63, 3.8) is 0 Å². The number of benzene rings is 2. The largest absolute Gasteiger partial charge is 0.383 e. The van der Waals surface area contributed by atoms with Gasteiger partial charge >= 0.3 is 0 Å². The molecule has 5 nitrogen and oxygen atoms in total. The molecule has 0 spiro atoms. The number of rotatable bonds is 3. The van der Waals surface area contributed by atoms with Crippen LogP contribution in [-0.2, 0) is 6.42 Å². The maximum atomic E-state index is 6.18. The van der Waals surface area contributed by atoms with Gasteiger partial charge in [0.05, 0.1) is 11.1 Å². The monoisotopic (exact) mass is 301 g/mol. The van der Waals surface area contributed by atoms with E-state index in [1.165, 1.54) is 5.56 Å². The molecule has 0 bridgehead atoms. The summed E-state index contributed by atoms with van der Waals surface area (Å²) in [7, 11) is 0. The molecule has 2 aromatic heterocycles. The Balaban J connectivity index is 1.78. The molecule has 0 saturated carbocycles. The minimum atomic E-state index is 0.452. The molecular weight excluding hydrogens is 286 g/mol. The minimum absolute atomic E-state index is 0.452. The van der Waals surface area contributed by atoms with E-state index in [4.69, 9.17) is 5.73 Å². The van der Waals surface area contributed by atoms with Crippen LogP contribution in [0.3, 0.4) is 0 Å². The second kappa shape index (κ2) is 5.53. The van der Waals surface area contributed by atoms with Crippen molar-refractivity contribution in [2.45, 2.75) is 6.42 Å². The van der Waals surface area contributed by atoms with Crippen LogP contribution in [-0.4, -0.2) is 20.2 Å². The zero-order chi connectivity index (χ0) is 15.6. The number of aromatic amines is 1. The van der Waals surface area contributed by atoms with Crippen LogP contribution in [0.15, 0.2) is 60.7 Å². The van der Waals surface area contributed by atoms with Crippen LogP contribution in [0.1, 0.15) is 11.3 Å². The van der Waals surface area contributed by atoms with Gasteiger partial charge in [-0.05, 0) is 5.56 Å². The Kier molecular flexibility index (Phi) is 3.24. The van der Waals surface area contributed by atoms with E-state index < -0.39 is 0 Å². The quantitative estimate of drug-likeness (QED) is 0.609. The molecule has 0 saturated heterocycles. The Morgan fingerprint density at radius 2 is 1.57 bits per heavy atom. The molecule has 0 aliphatic heterocycles. The van der Waals surface area contributed by atoms with Gasteiger partial charge in [0, 0.05) is 12.0 Å². The third kappa shape index (κ3) is 2.53. The van der Waals surface area contributed by atoms with Crippen LogP contribution < -0.4 is 5.73 Å². The van der Waals surface area contributed by atoms with Crippen molar-refractivity contribution in [2.24, 2.45) is 0 Å². The Morgan fingerprint density at radius 3 is 2.30 bits per heavy atom. The summed E-state index contributed by atoms with van der Waals surface area (Å²) in [6.45, 7) is 0. The molecule has 4 aromatic rings. The third-order valence-corrected chi connectivity index (χ3v) is 3.77. The fraction of sp³-hybridized carbons (Fsp3) is 0.0556. The van der Waals surface area contributed by atoms with Crippen LogP contribution in [0.4, 0.5) is 5.82 Å². The SMILES string of the molecule is Nc1nc(-c2ccccc2)nc2n[nH]c(Cc3ccccc3)c12. The molecule has 0 radical (unpaired) electrons. The molecule has 112 valence electrons. The lowest BCUT2D eigenvalue weighted by molar-refractivity contribution is 1.01. The van der Waals surface area contributed by atoms with E-state index in [9.17, 15) is 0 Å². The molecule has 0 aliphatic rings. The Morgan fingerprint density at radius 1 is 0.870 bits per heavy atom. The Bertz CT molecular complexity index is 945. The number of hydrogen-bond donors (Lipinski definition) is 2. The maximum absolute atomic E-state index is 6.18. The molecule has 2 aromatic carbocycles. The molecule has 5 heteroatoms. The van der Waals surface area contributed by atoms with Gasteiger partial charge in [-0.15, -0.1) is 0 Å². The summed E-state index contributed by atoms with van der Waals surface area (Å²) in [4.78, 5) is 8.99. The second-order valence-electron chi connectivity index (χ2n) is 5.36. The number of nitrogens with one attached hydrogen (secondary N) is 1. The number of nitrogens with two attached hydrogens (primary N) is 1. The molecule has 0 fully saturated rings. The van der Waals surface area contributed by atoms with E-state index in [2.05, 4.69) is 32.3 Å². The van der Waals surface area contributed by atoms with Gasteiger partial charge < -0.3 is 5.73 Å². The highest BCUT2D eigenvalue weighted by atomic mass is 15.2. The zero-order valence-electron chi connectivity index (χ0n) is 12.4. The van der Waals surface area contributed by atoms with E-state index in [0.717, 1.165) is 23.1 Å². The van der Waals surface area contributed by atoms with Crippen LogP contribution in [0.2, 0.25) is 0 Å². The minimum Gasteiger partial charge on any atom is -0.383 e. The first-order chi connectivity index (χ1) is 11.3. The summed E-state index contributed by atoms with van der Waals surface area (Å²) >= 11 is 0. The number of fused-ring (bicyclic) bond motifs is 1. The molecule has 2 heterocycles. The van der Waals surface area contributed by atoms with Crippen LogP contribution in [0, 0.1) is 0 Å². The Hall–Kier alpha value is -3.21. The number of nitrogens with zero attached hydrogens (tertiary/aromatic N) is 3. The predicted molar refractivity (Wildman–Crippen MR) is 90.8 cm³/mol. The molecule has 0 amide bonds. The molecule has 0 atom stereocenters. The van der Waals surface area contributed by atoms with E-state index in [0.29, 0.717) is 17.3 Å². The Labute approximate surface area is 133 Å². The molecular formula is C18H15N5. The maximum Gasteiger partial charge on any atom is 0.187 e. The van der Waals surface area contributed by atoms with Gasteiger partial charge in [0.1, 0.15) is 5.82 Å². The van der Waals surface area contributed by atoms with Crippen LogP contribution in [0.25, 0.3) is 22.4 Å². The van der Waals surface area contributed by atoms with E-state index in [-0.39, 0.29) is 0 Å². The first kappa shape index (κ1) is 13.5. The fourth-order valence-corrected chi connectivity index (χ4v) is 2.66. The summed E-state index contributed by atoms with van der Waals surface area (Å²) in [6, 6.07) is 19.9. The van der Waals surface area contributed by atoms with E-state index >= 15 is 0 Å². The van der Waals surface area contributed by atoms with Crippen molar-refractivity contribution in [3.8, 4) is 11.4 Å². The van der Waals surface area contributed by atoms with Crippen molar-refractivity contribution >= 4 is 16.9 Å². The number of aromatic nitrogens is 4.